The number of hydrogen-bond donors (Lipinski definition) is 1. The lowest BCUT2D eigenvalue weighted by Gasteiger charge is -2.07. The smallest absolute Gasteiger partial charge is 0.332 e. The fraction of sp³-hybridized carbons (Fsp3) is 0.500. The quantitative estimate of drug-likeness (QED) is 0.820. The Hall–Kier alpha value is -2.18. The number of carboxylic acid groups (broad SMARTS) is 1. The van der Waals surface area contributed by atoms with Gasteiger partial charge >= 0.3 is 11.7 Å². The molecule has 1 aliphatic rings. The van der Waals surface area contributed by atoms with Crippen LogP contribution >= 0.6 is 0 Å². The number of rotatable bonds is 3. The molecular weight excluding hydrogens is 250 g/mol. The first-order valence-corrected chi connectivity index (χ1v) is 5.91. The Balaban J connectivity index is 2.48. The van der Waals surface area contributed by atoms with Crippen LogP contribution in [0.3, 0.4) is 0 Å². The SMILES string of the molecule is CC(CC(=O)O)C1=Nc2c(c(=O)n(C)c(=O)n2C)C1. The normalized spacial score (nSPS) is 15.0. The third-order valence-electron chi connectivity index (χ3n) is 3.38. The van der Waals surface area contributed by atoms with Gasteiger partial charge in [-0.15, -0.1) is 0 Å². The van der Waals surface area contributed by atoms with Crippen molar-refractivity contribution in [2.75, 3.05) is 0 Å². The minimum atomic E-state index is -0.909. The first-order chi connectivity index (χ1) is 8.82. The van der Waals surface area contributed by atoms with Crippen molar-refractivity contribution in [3.63, 3.8) is 0 Å². The molecule has 0 spiro atoms. The number of nitrogens with zero attached hydrogens (tertiary/aromatic N) is 3. The highest BCUT2D eigenvalue weighted by Crippen LogP contribution is 2.25. The van der Waals surface area contributed by atoms with Crippen LogP contribution in [0.25, 0.3) is 0 Å². The largest absolute Gasteiger partial charge is 0.481 e. The monoisotopic (exact) mass is 265 g/mol. The summed E-state index contributed by atoms with van der Waals surface area (Å²) < 4.78 is 2.36. The zero-order valence-electron chi connectivity index (χ0n) is 11.0. The Morgan fingerprint density at radius 1 is 1.37 bits per heavy atom. The molecule has 1 aromatic rings. The third kappa shape index (κ3) is 2.11. The number of carboxylic acids is 1. The third-order valence-corrected chi connectivity index (χ3v) is 3.38. The molecule has 102 valence electrons. The molecule has 1 unspecified atom stereocenters. The predicted octanol–water partition coefficient (Wildman–Crippen LogP) is -0.177. The number of fused-ring (bicyclic) bond motifs is 1. The lowest BCUT2D eigenvalue weighted by atomic mass is 9.98. The van der Waals surface area contributed by atoms with Gasteiger partial charge in [0.15, 0.2) is 0 Å². The first-order valence-electron chi connectivity index (χ1n) is 5.91. The molecular formula is C12H15N3O4. The van der Waals surface area contributed by atoms with Crippen molar-refractivity contribution in [3.05, 3.63) is 26.4 Å². The van der Waals surface area contributed by atoms with Crippen LogP contribution < -0.4 is 11.2 Å². The molecule has 0 saturated heterocycles. The average Bonchev–Trinajstić information content (AvgIpc) is 2.78. The summed E-state index contributed by atoms with van der Waals surface area (Å²) in [4.78, 5) is 38.7. The summed E-state index contributed by atoms with van der Waals surface area (Å²) in [6, 6.07) is 0. The summed E-state index contributed by atoms with van der Waals surface area (Å²) in [5.41, 5.74) is 0.298. The number of aliphatic imine (C=N–C) groups is 1. The summed E-state index contributed by atoms with van der Waals surface area (Å²) in [7, 11) is 2.97. The van der Waals surface area contributed by atoms with E-state index in [1.807, 2.05) is 0 Å². The lowest BCUT2D eigenvalue weighted by molar-refractivity contribution is -0.137. The van der Waals surface area contributed by atoms with Crippen LogP contribution in [0.15, 0.2) is 14.6 Å². The van der Waals surface area contributed by atoms with Crippen LogP contribution in [0, 0.1) is 5.92 Å². The molecule has 0 amide bonds. The van der Waals surface area contributed by atoms with Crippen LogP contribution in [0.4, 0.5) is 5.82 Å². The molecule has 0 bridgehead atoms. The maximum Gasteiger partial charge on any atom is 0.332 e. The van der Waals surface area contributed by atoms with Gasteiger partial charge in [0.25, 0.3) is 5.56 Å². The van der Waals surface area contributed by atoms with Crippen molar-refractivity contribution < 1.29 is 9.90 Å². The highest BCUT2D eigenvalue weighted by molar-refractivity contribution is 5.96. The maximum absolute atomic E-state index is 12.0. The summed E-state index contributed by atoms with van der Waals surface area (Å²) in [5.74, 6) is -0.821. The Labute approximate surface area is 108 Å². The zero-order valence-corrected chi connectivity index (χ0v) is 11.0. The molecule has 2 rings (SSSR count). The molecule has 7 nitrogen and oxygen atoms in total. The van der Waals surface area contributed by atoms with E-state index < -0.39 is 11.7 Å². The van der Waals surface area contributed by atoms with Crippen molar-refractivity contribution >= 4 is 17.5 Å². The van der Waals surface area contributed by atoms with Gasteiger partial charge in [-0.2, -0.15) is 0 Å². The van der Waals surface area contributed by atoms with Gasteiger partial charge in [0.2, 0.25) is 0 Å². The zero-order chi connectivity index (χ0) is 14.3. The van der Waals surface area contributed by atoms with E-state index in [9.17, 15) is 14.4 Å². The van der Waals surface area contributed by atoms with Gasteiger partial charge in [0.05, 0.1) is 12.0 Å². The van der Waals surface area contributed by atoms with Crippen molar-refractivity contribution in [3.8, 4) is 0 Å². The van der Waals surface area contributed by atoms with E-state index in [0.717, 1.165) is 4.57 Å². The van der Waals surface area contributed by atoms with Gasteiger partial charge in [0, 0.05) is 32.1 Å². The average molecular weight is 265 g/mol. The molecule has 0 saturated carbocycles. The molecule has 0 aliphatic carbocycles. The van der Waals surface area contributed by atoms with Crippen LogP contribution in [0.2, 0.25) is 0 Å². The fourth-order valence-electron chi connectivity index (χ4n) is 2.22. The predicted molar refractivity (Wildman–Crippen MR) is 69.1 cm³/mol. The van der Waals surface area contributed by atoms with Crippen molar-refractivity contribution in [2.24, 2.45) is 25.0 Å². The number of hydrogen-bond acceptors (Lipinski definition) is 4. The van der Waals surface area contributed by atoms with Crippen molar-refractivity contribution in [1.29, 1.82) is 0 Å². The van der Waals surface area contributed by atoms with Gasteiger partial charge in [-0.25, -0.2) is 9.79 Å². The highest BCUT2D eigenvalue weighted by atomic mass is 16.4. The minimum Gasteiger partial charge on any atom is -0.481 e. The van der Waals surface area contributed by atoms with E-state index >= 15 is 0 Å². The van der Waals surface area contributed by atoms with E-state index in [0.29, 0.717) is 23.5 Å². The Bertz CT molecular complexity index is 696. The second-order valence-corrected chi connectivity index (χ2v) is 4.79. The van der Waals surface area contributed by atoms with E-state index in [2.05, 4.69) is 4.99 Å². The minimum absolute atomic E-state index is 0.0406. The van der Waals surface area contributed by atoms with E-state index in [1.54, 1.807) is 14.0 Å². The van der Waals surface area contributed by atoms with Crippen LogP contribution in [0.5, 0.6) is 0 Å². The van der Waals surface area contributed by atoms with E-state index in [1.165, 1.54) is 11.6 Å². The van der Waals surface area contributed by atoms with Crippen molar-refractivity contribution in [2.45, 2.75) is 19.8 Å². The maximum atomic E-state index is 12.0. The molecule has 2 heterocycles. The summed E-state index contributed by atoms with van der Waals surface area (Å²) in [5, 5.41) is 8.78. The van der Waals surface area contributed by atoms with E-state index in [-0.39, 0.29) is 17.9 Å². The summed E-state index contributed by atoms with van der Waals surface area (Å²) in [6.45, 7) is 1.75. The molecule has 1 N–H and O–H groups in total. The Morgan fingerprint density at radius 3 is 2.58 bits per heavy atom. The molecule has 0 fully saturated rings. The fourth-order valence-corrected chi connectivity index (χ4v) is 2.22. The van der Waals surface area contributed by atoms with Crippen LogP contribution in [-0.2, 0) is 25.3 Å². The van der Waals surface area contributed by atoms with Gasteiger partial charge in [0.1, 0.15) is 5.82 Å². The number of carbonyl (C=O) groups is 1. The van der Waals surface area contributed by atoms with Gasteiger partial charge in [-0.1, -0.05) is 6.92 Å². The topological polar surface area (TPSA) is 93.7 Å². The lowest BCUT2D eigenvalue weighted by Crippen LogP contribution is -2.38. The van der Waals surface area contributed by atoms with Crippen LogP contribution in [-0.4, -0.2) is 25.9 Å². The number of aromatic nitrogens is 2. The molecule has 1 atom stereocenters. The summed E-state index contributed by atoms with van der Waals surface area (Å²) >= 11 is 0. The van der Waals surface area contributed by atoms with Crippen LogP contribution in [0.1, 0.15) is 18.9 Å². The van der Waals surface area contributed by atoms with Gasteiger partial charge in [-0.3, -0.25) is 18.7 Å². The highest BCUT2D eigenvalue weighted by Gasteiger charge is 2.26. The Kier molecular flexibility index (Phi) is 3.13. The molecule has 19 heavy (non-hydrogen) atoms. The molecule has 1 aliphatic heterocycles. The molecule has 7 heteroatoms. The number of aliphatic carboxylic acids is 1. The second kappa shape index (κ2) is 4.49. The standard InChI is InChI=1S/C12H15N3O4/c1-6(4-9(16)17)8-5-7-10(13-8)14(2)12(19)15(3)11(7)18/h6H,4-5H2,1-3H3,(H,16,17). The van der Waals surface area contributed by atoms with Gasteiger partial charge in [-0.05, 0) is 0 Å². The molecule has 0 radical (unpaired) electrons. The summed E-state index contributed by atoms with van der Waals surface area (Å²) in [6.07, 6.45) is 0.270. The molecule has 1 aromatic heterocycles. The van der Waals surface area contributed by atoms with Gasteiger partial charge < -0.3 is 5.11 Å². The van der Waals surface area contributed by atoms with Crippen molar-refractivity contribution in [1.82, 2.24) is 9.13 Å². The Morgan fingerprint density at radius 2 is 2.00 bits per heavy atom. The second-order valence-electron chi connectivity index (χ2n) is 4.79. The first kappa shape index (κ1) is 13.3. The van der Waals surface area contributed by atoms with E-state index in [4.69, 9.17) is 5.11 Å². The molecule has 0 aromatic carbocycles.